The van der Waals surface area contributed by atoms with Gasteiger partial charge in [0.25, 0.3) is 0 Å². The van der Waals surface area contributed by atoms with E-state index in [-0.39, 0.29) is 11.8 Å². The smallest absolute Gasteiger partial charge is 0.338 e. The Morgan fingerprint density at radius 3 is 2.63 bits per heavy atom. The Balaban J connectivity index is 1.66. The highest BCUT2D eigenvalue weighted by atomic mass is 16.6. The van der Waals surface area contributed by atoms with Crippen LogP contribution in [-0.4, -0.2) is 30.6 Å². The molecule has 7 heteroatoms. The molecule has 7 nitrogen and oxygen atoms in total. The predicted molar refractivity (Wildman–Crippen MR) is 133 cm³/mol. The molecule has 0 N–H and O–H groups in total. The Labute approximate surface area is 205 Å². The van der Waals surface area contributed by atoms with E-state index >= 15 is 0 Å². The Kier molecular flexibility index (Phi) is 6.78. The van der Waals surface area contributed by atoms with Gasteiger partial charge in [0.2, 0.25) is 5.91 Å². The number of methoxy groups -OCH3 is 1. The fraction of sp³-hybridized carbons (Fsp3) is 0.321. The minimum atomic E-state index is -0.746. The number of amides is 1. The highest BCUT2D eigenvalue weighted by Gasteiger charge is 2.35. The average Bonchev–Trinajstić information content (AvgIpc) is 3.65. The number of anilines is 1. The summed E-state index contributed by atoms with van der Waals surface area (Å²) in [5.74, 6) is -0.0981. The van der Waals surface area contributed by atoms with E-state index in [1.807, 2.05) is 62.4 Å². The van der Waals surface area contributed by atoms with Crippen molar-refractivity contribution in [3.05, 3.63) is 65.2 Å². The number of esters is 2. The van der Waals surface area contributed by atoms with Crippen LogP contribution in [0.1, 0.15) is 50.3 Å². The number of benzene rings is 2. The first-order valence-corrected chi connectivity index (χ1v) is 11.6. The maximum absolute atomic E-state index is 13.3. The molecule has 2 aromatic rings. The quantitative estimate of drug-likeness (QED) is 0.321. The molecule has 0 aromatic heterocycles. The summed E-state index contributed by atoms with van der Waals surface area (Å²) in [6.45, 7) is 5.43. The van der Waals surface area contributed by atoms with Crippen molar-refractivity contribution < 1.29 is 28.6 Å². The van der Waals surface area contributed by atoms with Crippen LogP contribution in [0.2, 0.25) is 0 Å². The average molecular weight is 476 g/mol. The van der Waals surface area contributed by atoms with Gasteiger partial charge in [-0.05, 0) is 56.5 Å². The maximum Gasteiger partial charge on any atom is 0.338 e. The number of carbonyl (C=O) groups is 3. The summed E-state index contributed by atoms with van der Waals surface area (Å²) in [5, 5.41) is 0. The van der Waals surface area contributed by atoms with E-state index in [0.717, 1.165) is 24.0 Å². The molecular formula is C28H29NO6. The van der Waals surface area contributed by atoms with Gasteiger partial charge in [-0.3, -0.25) is 9.59 Å². The summed E-state index contributed by atoms with van der Waals surface area (Å²) in [4.78, 5) is 37.7. The number of hydrogen-bond acceptors (Lipinski definition) is 6. The van der Waals surface area contributed by atoms with Gasteiger partial charge in [-0.15, -0.1) is 0 Å². The highest BCUT2D eigenvalue weighted by Crippen LogP contribution is 2.42. The summed E-state index contributed by atoms with van der Waals surface area (Å²) in [7, 11) is 1.60. The zero-order valence-electron chi connectivity index (χ0n) is 20.4. The molecule has 1 amide bonds. The van der Waals surface area contributed by atoms with Crippen LogP contribution >= 0.6 is 0 Å². The van der Waals surface area contributed by atoms with Crippen molar-refractivity contribution in [3.8, 4) is 11.5 Å². The van der Waals surface area contributed by atoms with Crippen molar-refractivity contribution in [2.45, 2.75) is 45.8 Å². The second-order valence-electron chi connectivity index (χ2n) is 9.25. The second kappa shape index (κ2) is 9.78. The SMILES string of the molecule is COc1c(CN(C(=O)C2CC2)c2cccc(/C=C/C(=O)OC(C)=O)c2)ccc2c1OC(C)(C)C=C2. The molecule has 0 radical (unpaired) electrons. The minimum Gasteiger partial charge on any atom is -0.492 e. The van der Waals surface area contributed by atoms with E-state index in [4.69, 9.17) is 9.47 Å². The third-order valence-corrected chi connectivity index (χ3v) is 5.82. The molecule has 0 bridgehead atoms. The van der Waals surface area contributed by atoms with Gasteiger partial charge in [-0.1, -0.05) is 30.3 Å². The molecule has 0 saturated heterocycles. The summed E-state index contributed by atoms with van der Waals surface area (Å²) in [6, 6.07) is 11.2. The molecular weight excluding hydrogens is 446 g/mol. The van der Waals surface area contributed by atoms with Gasteiger partial charge in [0.15, 0.2) is 11.5 Å². The van der Waals surface area contributed by atoms with Crippen LogP contribution in [0, 0.1) is 5.92 Å². The second-order valence-corrected chi connectivity index (χ2v) is 9.25. The van der Waals surface area contributed by atoms with E-state index in [1.54, 1.807) is 18.1 Å². The number of ether oxygens (including phenoxy) is 3. The van der Waals surface area contributed by atoms with Crippen LogP contribution < -0.4 is 14.4 Å². The van der Waals surface area contributed by atoms with Crippen molar-refractivity contribution in [2.75, 3.05) is 12.0 Å². The molecule has 1 heterocycles. The largest absolute Gasteiger partial charge is 0.492 e. The summed E-state index contributed by atoms with van der Waals surface area (Å²) >= 11 is 0. The van der Waals surface area contributed by atoms with Crippen molar-refractivity contribution in [3.63, 3.8) is 0 Å². The lowest BCUT2D eigenvalue weighted by Crippen LogP contribution is -2.32. The molecule has 1 aliphatic heterocycles. The number of carbonyl (C=O) groups excluding carboxylic acids is 3. The van der Waals surface area contributed by atoms with E-state index in [2.05, 4.69) is 4.74 Å². The van der Waals surface area contributed by atoms with Gasteiger partial charge < -0.3 is 19.1 Å². The van der Waals surface area contributed by atoms with Crippen molar-refractivity contribution in [1.82, 2.24) is 0 Å². The Morgan fingerprint density at radius 2 is 1.94 bits per heavy atom. The third-order valence-electron chi connectivity index (χ3n) is 5.82. The monoisotopic (exact) mass is 475 g/mol. The van der Waals surface area contributed by atoms with Gasteiger partial charge in [0, 0.05) is 35.7 Å². The molecule has 0 atom stereocenters. The summed E-state index contributed by atoms with van der Waals surface area (Å²) < 4.78 is 16.5. The molecule has 1 fully saturated rings. The first-order chi connectivity index (χ1) is 16.7. The molecule has 35 heavy (non-hydrogen) atoms. The Morgan fingerprint density at radius 1 is 1.17 bits per heavy atom. The normalized spacial score (nSPS) is 15.8. The number of fused-ring (bicyclic) bond motifs is 1. The molecule has 0 spiro atoms. The fourth-order valence-corrected chi connectivity index (χ4v) is 3.94. The van der Waals surface area contributed by atoms with Crippen LogP contribution in [0.4, 0.5) is 5.69 Å². The molecule has 1 saturated carbocycles. The van der Waals surface area contributed by atoms with Crippen molar-refractivity contribution >= 4 is 35.7 Å². The number of rotatable bonds is 7. The first-order valence-electron chi connectivity index (χ1n) is 11.6. The highest BCUT2D eigenvalue weighted by molar-refractivity contribution is 5.97. The van der Waals surface area contributed by atoms with Gasteiger partial charge in [-0.25, -0.2) is 4.79 Å². The summed E-state index contributed by atoms with van der Waals surface area (Å²) in [5.41, 5.74) is 2.69. The van der Waals surface area contributed by atoms with Crippen LogP contribution in [0.15, 0.2) is 48.6 Å². The maximum atomic E-state index is 13.3. The van der Waals surface area contributed by atoms with Crippen LogP contribution in [0.25, 0.3) is 12.2 Å². The summed E-state index contributed by atoms with van der Waals surface area (Å²) in [6.07, 6.45) is 8.50. The van der Waals surface area contributed by atoms with Gasteiger partial charge >= 0.3 is 11.9 Å². The zero-order valence-corrected chi connectivity index (χ0v) is 20.4. The molecule has 182 valence electrons. The molecule has 2 aromatic carbocycles. The lowest BCUT2D eigenvalue weighted by atomic mass is 9.99. The fourth-order valence-electron chi connectivity index (χ4n) is 3.94. The van der Waals surface area contributed by atoms with Crippen LogP contribution in [0.5, 0.6) is 11.5 Å². The van der Waals surface area contributed by atoms with Crippen molar-refractivity contribution in [2.24, 2.45) is 5.92 Å². The van der Waals surface area contributed by atoms with E-state index in [0.29, 0.717) is 29.3 Å². The Hall–Kier alpha value is -3.87. The first kappa shape index (κ1) is 24.3. The van der Waals surface area contributed by atoms with Gasteiger partial charge in [0.05, 0.1) is 13.7 Å². The predicted octanol–water partition coefficient (Wildman–Crippen LogP) is 4.93. The lowest BCUT2D eigenvalue weighted by Gasteiger charge is -2.31. The van der Waals surface area contributed by atoms with E-state index < -0.39 is 17.5 Å². The number of nitrogens with zero attached hydrogens (tertiary/aromatic N) is 1. The van der Waals surface area contributed by atoms with Crippen molar-refractivity contribution in [1.29, 1.82) is 0 Å². The Bertz CT molecular complexity index is 1220. The standard InChI is InChI=1S/C28H29NO6/c1-18(30)34-24(31)13-8-19-6-5-7-23(16-19)29(27(32)21-10-11-21)17-22-12-9-20-14-15-28(2,3)35-26(20)25(22)33-4/h5-9,12-16,21H,10-11,17H2,1-4H3/b13-8+. The van der Waals surface area contributed by atoms with Crippen LogP contribution in [-0.2, 0) is 25.7 Å². The van der Waals surface area contributed by atoms with E-state index in [9.17, 15) is 14.4 Å². The van der Waals surface area contributed by atoms with Gasteiger partial charge in [-0.2, -0.15) is 0 Å². The molecule has 4 rings (SSSR count). The lowest BCUT2D eigenvalue weighted by molar-refractivity contribution is -0.154. The van der Waals surface area contributed by atoms with Crippen LogP contribution in [0.3, 0.4) is 0 Å². The number of hydrogen-bond donors (Lipinski definition) is 0. The zero-order chi connectivity index (χ0) is 25.2. The van der Waals surface area contributed by atoms with Gasteiger partial charge in [0.1, 0.15) is 5.60 Å². The molecule has 0 unspecified atom stereocenters. The molecule has 2 aliphatic rings. The van der Waals surface area contributed by atoms with E-state index in [1.165, 1.54) is 13.0 Å². The topological polar surface area (TPSA) is 82.1 Å². The minimum absolute atomic E-state index is 0.00137. The molecule has 1 aliphatic carbocycles. The third kappa shape index (κ3) is 5.80.